The van der Waals surface area contributed by atoms with Gasteiger partial charge in [0.05, 0.1) is 6.54 Å². The number of aromatic amines is 1. The molecule has 2 heterocycles. The molecule has 0 radical (unpaired) electrons. The van der Waals surface area contributed by atoms with Gasteiger partial charge >= 0.3 is 5.69 Å². The Hall–Kier alpha value is -2.58. The summed E-state index contributed by atoms with van der Waals surface area (Å²) < 4.78 is 6.66. The quantitative estimate of drug-likeness (QED) is 0.691. The van der Waals surface area contributed by atoms with E-state index in [1.807, 2.05) is 13.8 Å². The molecule has 0 fully saturated rings. The number of nitrogens with zero attached hydrogens (tertiary/aromatic N) is 4. The van der Waals surface area contributed by atoms with E-state index in [1.165, 1.54) is 4.57 Å². The van der Waals surface area contributed by atoms with Crippen molar-refractivity contribution in [1.82, 2.24) is 19.7 Å². The van der Waals surface area contributed by atoms with Crippen LogP contribution in [0.15, 0.2) is 14.1 Å². The molecule has 9 nitrogen and oxygen atoms in total. The van der Waals surface area contributed by atoms with Gasteiger partial charge in [-0.2, -0.15) is 4.98 Å². The zero-order valence-electron chi connectivity index (χ0n) is 15.9. The molecule has 0 aromatic carbocycles. The molecule has 2 rings (SSSR count). The van der Waals surface area contributed by atoms with Crippen LogP contribution in [-0.2, 0) is 19.5 Å². The topological polar surface area (TPSA) is 123 Å². The first kappa shape index (κ1) is 19.7. The van der Waals surface area contributed by atoms with Crippen molar-refractivity contribution in [3.05, 3.63) is 32.6 Å². The van der Waals surface area contributed by atoms with Gasteiger partial charge in [-0.25, -0.2) is 4.79 Å². The first-order valence-electron chi connectivity index (χ1n) is 9.06. The Balaban J connectivity index is 2.33. The van der Waals surface area contributed by atoms with Gasteiger partial charge < -0.3 is 15.2 Å². The molecule has 0 aliphatic rings. The highest BCUT2D eigenvalue weighted by Crippen LogP contribution is 2.19. The maximum absolute atomic E-state index is 12.4. The summed E-state index contributed by atoms with van der Waals surface area (Å²) >= 11 is 0. The van der Waals surface area contributed by atoms with Crippen LogP contribution < -0.4 is 21.9 Å². The fraction of sp³-hybridized carbons (Fsp3) is 0.647. The monoisotopic (exact) mass is 364 g/mol. The van der Waals surface area contributed by atoms with Crippen LogP contribution >= 0.6 is 0 Å². The Morgan fingerprint density at radius 3 is 2.65 bits per heavy atom. The zero-order chi connectivity index (χ0) is 19.3. The van der Waals surface area contributed by atoms with Gasteiger partial charge in [-0.15, -0.1) is 0 Å². The molecule has 26 heavy (non-hydrogen) atoms. The average Bonchev–Trinajstić information content (AvgIpc) is 2.99. The van der Waals surface area contributed by atoms with Crippen molar-refractivity contribution in [2.24, 2.45) is 5.92 Å². The van der Waals surface area contributed by atoms with E-state index in [0.29, 0.717) is 37.1 Å². The smallest absolute Gasteiger partial charge is 0.330 e. The predicted octanol–water partition coefficient (Wildman–Crippen LogP) is 1.53. The molecule has 9 heteroatoms. The second kappa shape index (κ2) is 8.68. The molecular formula is C17H28N6O3. The first-order chi connectivity index (χ1) is 12.4. The van der Waals surface area contributed by atoms with E-state index in [2.05, 4.69) is 29.0 Å². The van der Waals surface area contributed by atoms with Gasteiger partial charge in [-0.1, -0.05) is 32.3 Å². The Bertz CT molecular complexity index is 836. The molecule has 144 valence electrons. The van der Waals surface area contributed by atoms with E-state index in [9.17, 15) is 9.59 Å². The number of aromatic nitrogens is 4. The van der Waals surface area contributed by atoms with Gasteiger partial charge in [0, 0.05) is 19.5 Å². The number of H-pyrrole nitrogens is 1. The number of nitrogens with one attached hydrogen (secondary N) is 1. The maximum Gasteiger partial charge on any atom is 0.330 e. The molecule has 0 bridgehead atoms. The highest BCUT2D eigenvalue weighted by Gasteiger charge is 2.20. The third-order valence-electron chi connectivity index (χ3n) is 4.07. The van der Waals surface area contributed by atoms with Crippen molar-refractivity contribution in [3.8, 4) is 0 Å². The number of hydrogen-bond donors (Lipinski definition) is 2. The van der Waals surface area contributed by atoms with Crippen LogP contribution in [0.5, 0.6) is 0 Å². The van der Waals surface area contributed by atoms with Gasteiger partial charge in [-0.3, -0.25) is 14.3 Å². The molecule has 0 spiro atoms. The summed E-state index contributed by atoms with van der Waals surface area (Å²) in [5, 5.41) is 3.98. The van der Waals surface area contributed by atoms with Crippen molar-refractivity contribution in [3.63, 3.8) is 0 Å². The number of anilines is 2. The van der Waals surface area contributed by atoms with Crippen molar-refractivity contribution in [2.75, 3.05) is 17.2 Å². The number of rotatable bonds is 9. The van der Waals surface area contributed by atoms with Crippen molar-refractivity contribution in [2.45, 2.75) is 60.0 Å². The summed E-state index contributed by atoms with van der Waals surface area (Å²) in [5.74, 6) is 1.62. The standard InChI is InChI=1S/C17H28N6O3/c1-5-7-8-23-15(18)14(16(24)20-17(23)25)22(6-2)10-12-19-13(26-21-12)9-11(3)4/h11H,5-10,18H2,1-4H3,(H,20,24,25). The Labute approximate surface area is 152 Å². The first-order valence-corrected chi connectivity index (χ1v) is 9.06. The van der Waals surface area contributed by atoms with E-state index in [0.717, 1.165) is 12.8 Å². The lowest BCUT2D eigenvalue weighted by Gasteiger charge is -2.23. The summed E-state index contributed by atoms with van der Waals surface area (Å²) in [6.07, 6.45) is 2.41. The molecule has 0 aliphatic carbocycles. The highest BCUT2D eigenvalue weighted by atomic mass is 16.5. The molecule has 0 saturated heterocycles. The van der Waals surface area contributed by atoms with Gasteiger partial charge in [0.1, 0.15) is 11.5 Å². The van der Waals surface area contributed by atoms with Crippen LogP contribution in [-0.4, -0.2) is 26.2 Å². The van der Waals surface area contributed by atoms with E-state index >= 15 is 0 Å². The number of nitrogen functional groups attached to an aromatic ring is 1. The van der Waals surface area contributed by atoms with E-state index in [-0.39, 0.29) is 18.1 Å². The largest absolute Gasteiger partial charge is 0.383 e. The minimum Gasteiger partial charge on any atom is -0.383 e. The maximum atomic E-state index is 12.4. The van der Waals surface area contributed by atoms with Crippen LogP contribution in [0.2, 0.25) is 0 Å². The van der Waals surface area contributed by atoms with Gasteiger partial charge in [0.25, 0.3) is 5.56 Å². The fourth-order valence-corrected chi connectivity index (χ4v) is 2.73. The molecule has 0 aliphatic heterocycles. The van der Waals surface area contributed by atoms with E-state index < -0.39 is 11.2 Å². The second-order valence-electron chi connectivity index (χ2n) is 6.71. The van der Waals surface area contributed by atoms with Crippen molar-refractivity contribution >= 4 is 11.5 Å². The molecule has 3 N–H and O–H groups in total. The van der Waals surface area contributed by atoms with Crippen LogP contribution in [0.25, 0.3) is 0 Å². The molecule has 0 atom stereocenters. The molecule has 0 unspecified atom stereocenters. The Kier molecular flexibility index (Phi) is 6.59. The lowest BCUT2D eigenvalue weighted by Crippen LogP contribution is -2.38. The summed E-state index contributed by atoms with van der Waals surface area (Å²) in [5.41, 5.74) is 5.43. The van der Waals surface area contributed by atoms with Gasteiger partial charge in [-0.05, 0) is 19.3 Å². The van der Waals surface area contributed by atoms with Crippen LogP contribution in [0, 0.1) is 5.92 Å². The SMILES string of the molecule is CCCCn1c(N)c(N(CC)Cc2noc(CC(C)C)n2)c(=O)[nH]c1=O. The lowest BCUT2D eigenvalue weighted by molar-refractivity contribution is 0.358. The predicted molar refractivity (Wildman–Crippen MR) is 100 cm³/mol. The third kappa shape index (κ3) is 4.53. The minimum absolute atomic E-state index is 0.167. The summed E-state index contributed by atoms with van der Waals surface area (Å²) in [6.45, 7) is 9.31. The second-order valence-corrected chi connectivity index (χ2v) is 6.71. The van der Waals surface area contributed by atoms with Gasteiger partial charge in [0.15, 0.2) is 5.82 Å². The number of unbranched alkanes of at least 4 members (excludes halogenated alkanes) is 1. The highest BCUT2D eigenvalue weighted by molar-refractivity contribution is 5.62. The molecule has 0 amide bonds. The molecular weight excluding hydrogens is 336 g/mol. The minimum atomic E-state index is -0.506. The molecule has 0 saturated carbocycles. The van der Waals surface area contributed by atoms with Crippen LogP contribution in [0.3, 0.4) is 0 Å². The number of nitrogens with two attached hydrogens (primary N) is 1. The normalized spacial score (nSPS) is 11.3. The summed E-state index contributed by atoms with van der Waals surface area (Å²) in [7, 11) is 0. The zero-order valence-corrected chi connectivity index (χ0v) is 15.9. The van der Waals surface area contributed by atoms with Crippen molar-refractivity contribution in [1.29, 1.82) is 0 Å². The van der Waals surface area contributed by atoms with Crippen molar-refractivity contribution < 1.29 is 4.52 Å². The number of hydrogen-bond acceptors (Lipinski definition) is 7. The van der Waals surface area contributed by atoms with Crippen LogP contribution in [0.1, 0.15) is 52.3 Å². The van der Waals surface area contributed by atoms with Gasteiger partial charge in [0.2, 0.25) is 5.89 Å². The molecule has 2 aromatic heterocycles. The Morgan fingerprint density at radius 2 is 2.04 bits per heavy atom. The van der Waals surface area contributed by atoms with Crippen LogP contribution in [0.4, 0.5) is 11.5 Å². The Morgan fingerprint density at radius 1 is 1.31 bits per heavy atom. The third-order valence-corrected chi connectivity index (χ3v) is 4.07. The van der Waals surface area contributed by atoms with E-state index in [4.69, 9.17) is 10.3 Å². The summed E-state index contributed by atoms with van der Waals surface area (Å²) in [4.78, 5) is 32.9. The fourth-order valence-electron chi connectivity index (χ4n) is 2.73. The lowest BCUT2D eigenvalue weighted by atomic mass is 10.1. The average molecular weight is 364 g/mol. The molecule has 2 aromatic rings. The van der Waals surface area contributed by atoms with E-state index in [1.54, 1.807) is 4.90 Å². The summed E-state index contributed by atoms with van der Waals surface area (Å²) in [6, 6.07) is 0.